The van der Waals surface area contributed by atoms with Crippen molar-refractivity contribution in [2.45, 2.75) is 72.9 Å². The van der Waals surface area contributed by atoms with E-state index in [1.807, 2.05) is 0 Å². The van der Waals surface area contributed by atoms with Crippen molar-refractivity contribution in [2.24, 2.45) is 22.7 Å². The molecule has 112 valence electrons. The molecule has 2 nitrogen and oxygen atoms in total. The first-order valence-electron chi connectivity index (χ1n) is 8.15. The van der Waals surface area contributed by atoms with Gasteiger partial charge in [0.15, 0.2) is 0 Å². The number of fused-ring (bicyclic) bond motifs is 2. The maximum absolute atomic E-state index is 5.69. The summed E-state index contributed by atoms with van der Waals surface area (Å²) in [7, 11) is 0. The van der Waals surface area contributed by atoms with E-state index in [-0.39, 0.29) is 0 Å². The average Bonchev–Trinajstić information content (AvgIpc) is 2.78. The summed E-state index contributed by atoms with van der Waals surface area (Å²) >= 11 is 0. The van der Waals surface area contributed by atoms with Gasteiger partial charge < -0.3 is 10.1 Å². The zero-order chi connectivity index (χ0) is 14.3. The molecule has 0 amide bonds. The van der Waals surface area contributed by atoms with Crippen LogP contribution < -0.4 is 5.32 Å². The first kappa shape index (κ1) is 15.3. The molecule has 0 aliphatic heterocycles. The summed E-state index contributed by atoms with van der Waals surface area (Å²) in [5.41, 5.74) is 0.944. The van der Waals surface area contributed by atoms with Crippen LogP contribution in [0.2, 0.25) is 0 Å². The zero-order valence-corrected chi connectivity index (χ0v) is 13.8. The van der Waals surface area contributed by atoms with Crippen LogP contribution in [0.3, 0.4) is 0 Å². The fraction of sp³-hybridized carbons (Fsp3) is 1.00. The van der Waals surface area contributed by atoms with Gasteiger partial charge in [-0.3, -0.25) is 0 Å². The second-order valence-electron chi connectivity index (χ2n) is 8.02. The van der Waals surface area contributed by atoms with Crippen molar-refractivity contribution in [1.29, 1.82) is 0 Å². The van der Waals surface area contributed by atoms with Crippen LogP contribution in [-0.4, -0.2) is 25.3 Å². The Kier molecular flexibility index (Phi) is 4.32. The normalized spacial score (nSPS) is 38.1. The molecule has 2 bridgehead atoms. The molecule has 0 radical (unpaired) electrons. The van der Waals surface area contributed by atoms with Crippen molar-refractivity contribution in [3.8, 4) is 0 Å². The van der Waals surface area contributed by atoms with Crippen LogP contribution in [0.4, 0.5) is 0 Å². The Bertz CT molecular complexity index is 308. The molecule has 0 spiro atoms. The molecule has 2 aliphatic carbocycles. The Morgan fingerprint density at radius 3 is 2.42 bits per heavy atom. The van der Waals surface area contributed by atoms with Crippen molar-refractivity contribution in [3.05, 3.63) is 0 Å². The Balaban J connectivity index is 2.07. The molecule has 0 aromatic carbocycles. The van der Waals surface area contributed by atoms with E-state index in [9.17, 15) is 0 Å². The average molecular weight is 267 g/mol. The highest BCUT2D eigenvalue weighted by atomic mass is 16.5. The highest BCUT2D eigenvalue weighted by Crippen LogP contribution is 2.62. The molecule has 4 atom stereocenters. The number of ether oxygens (including phenoxy) is 1. The number of hydrogen-bond donors (Lipinski definition) is 1. The molecule has 1 N–H and O–H groups in total. The van der Waals surface area contributed by atoms with E-state index >= 15 is 0 Å². The molecule has 2 aliphatic rings. The van der Waals surface area contributed by atoms with Gasteiger partial charge >= 0.3 is 0 Å². The minimum atomic E-state index is 0.437. The molecule has 2 fully saturated rings. The van der Waals surface area contributed by atoms with E-state index in [1.54, 1.807) is 0 Å². The largest absolute Gasteiger partial charge is 0.380 e. The fourth-order valence-corrected chi connectivity index (χ4v) is 4.61. The number of rotatable bonds is 6. The van der Waals surface area contributed by atoms with Gasteiger partial charge in [0.25, 0.3) is 0 Å². The Morgan fingerprint density at radius 1 is 1.26 bits per heavy atom. The van der Waals surface area contributed by atoms with Crippen LogP contribution in [0.15, 0.2) is 0 Å². The summed E-state index contributed by atoms with van der Waals surface area (Å²) < 4.78 is 5.69. The van der Waals surface area contributed by atoms with Crippen molar-refractivity contribution >= 4 is 0 Å². The quantitative estimate of drug-likeness (QED) is 0.789. The maximum Gasteiger partial charge on any atom is 0.0622 e. The second-order valence-corrected chi connectivity index (χ2v) is 8.02. The predicted molar refractivity (Wildman–Crippen MR) is 81.3 cm³/mol. The van der Waals surface area contributed by atoms with Gasteiger partial charge in [0.1, 0.15) is 0 Å². The summed E-state index contributed by atoms with van der Waals surface area (Å²) in [5.74, 6) is 1.54. The van der Waals surface area contributed by atoms with Crippen LogP contribution >= 0.6 is 0 Å². The van der Waals surface area contributed by atoms with E-state index in [0.29, 0.717) is 28.8 Å². The molecule has 0 aromatic rings. The van der Waals surface area contributed by atoms with E-state index < -0.39 is 0 Å². The van der Waals surface area contributed by atoms with Crippen molar-refractivity contribution in [1.82, 2.24) is 5.32 Å². The van der Waals surface area contributed by atoms with Gasteiger partial charge in [0.2, 0.25) is 0 Å². The minimum absolute atomic E-state index is 0.437. The summed E-state index contributed by atoms with van der Waals surface area (Å²) in [5, 5.41) is 3.99. The van der Waals surface area contributed by atoms with Gasteiger partial charge in [0.05, 0.1) is 6.61 Å². The van der Waals surface area contributed by atoms with Gasteiger partial charge in [-0.2, -0.15) is 0 Å². The van der Waals surface area contributed by atoms with Crippen LogP contribution in [0.5, 0.6) is 0 Å². The van der Waals surface area contributed by atoms with E-state index in [2.05, 4.69) is 46.9 Å². The molecule has 2 rings (SSSR count). The molecule has 2 saturated carbocycles. The molecule has 19 heavy (non-hydrogen) atoms. The molecule has 2 unspecified atom stereocenters. The fourth-order valence-electron chi connectivity index (χ4n) is 4.61. The molecular weight excluding hydrogens is 234 g/mol. The summed E-state index contributed by atoms with van der Waals surface area (Å²) in [6.07, 6.45) is 4.24. The third-order valence-corrected chi connectivity index (χ3v) is 5.96. The lowest BCUT2D eigenvalue weighted by atomic mass is 9.68. The van der Waals surface area contributed by atoms with Gasteiger partial charge in [-0.05, 0) is 48.9 Å². The van der Waals surface area contributed by atoms with Crippen LogP contribution in [0, 0.1) is 22.7 Å². The van der Waals surface area contributed by atoms with Gasteiger partial charge in [-0.15, -0.1) is 0 Å². The lowest BCUT2D eigenvalue weighted by molar-refractivity contribution is 0.0554. The Morgan fingerprint density at radius 2 is 1.95 bits per heavy atom. The Hall–Kier alpha value is -0.0800. The van der Waals surface area contributed by atoms with E-state index in [1.165, 1.54) is 19.3 Å². The summed E-state index contributed by atoms with van der Waals surface area (Å²) in [4.78, 5) is 0. The Labute approximate surface area is 119 Å². The first-order valence-corrected chi connectivity index (χ1v) is 8.15. The topological polar surface area (TPSA) is 21.3 Å². The SMILES string of the molecule is CCOCC(NC1C(C)(C)[C@H]2CC[C@]1(C)C2)C(C)C. The monoisotopic (exact) mass is 267 g/mol. The van der Waals surface area contributed by atoms with E-state index in [4.69, 9.17) is 4.74 Å². The first-order chi connectivity index (χ1) is 8.81. The third kappa shape index (κ3) is 2.71. The highest BCUT2D eigenvalue weighted by Gasteiger charge is 2.59. The van der Waals surface area contributed by atoms with Crippen molar-refractivity contribution in [3.63, 3.8) is 0 Å². The zero-order valence-electron chi connectivity index (χ0n) is 13.8. The van der Waals surface area contributed by atoms with Gasteiger partial charge in [0, 0.05) is 18.7 Å². The lowest BCUT2D eigenvalue weighted by Gasteiger charge is -2.45. The molecule has 0 heterocycles. The lowest BCUT2D eigenvalue weighted by Crippen LogP contribution is -2.56. The summed E-state index contributed by atoms with van der Waals surface area (Å²) in [6.45, 7) is 15.8. The number of nitrogens with one attached hydrogen (secondary N) is 1. The van der Waals surface area contributed by atoms with Crippen LogP contribution in [-0.2, 0) is 4.74 Å². The highest BCUT2D eigenvalue weighted by molar-refractivity contribution is 5.12. The molecular formula is C17H33NO. The van der Waals surface area contributed by atoms with E-state index in [0.717, 1.165) is 19.1 Å². The van der Waals surface area contributed by atoms with Gasteiger partial charge in [-0.25, -0.2) is 0 Å². The standard InChI is InChI=1S/C17H33NO/c1-7-19-11-14(12(2)3)18-15-16(4,5)13-8-9-17(15,6)10-13/h12-15,18H,7-11H2,1-6H3/t13-,14?,15?,17+/m0/s1. The maximum atomic E-state index is 5.69. The molecule has 0 aromatic heterocycles. The van der Waals surface area contributed by atoms with Crippen LogP contribution in [0.1, 0.15) is 60.8 Å². The second kappa shape index (κ2) is 5.37. The molecule has 2 heteroatoms. The summed E-state index contributed by atoms with van der Waals surface area (Å²) in [6, 6.07) is 1.13. The van der Waals surface area contributed by atoms with Gasteiger partial charge in [-0.1, -0.05) is 34.6 Å². The van der Waals surface area contributed by atoms with Crippen molar-refractivity contribution in [2.75, 3.05) is 13.2 Å². The third-order valence-electron chi connectivity index (χ3n) is 5.96. The predicted octanol–water partition coefficient (Wildman–Crippen LogP) is 3.85. The van der Waals surface area contributed by atoms with Crippen molar-refractivity contribution < 1.29 is 4.74 Å². The number of hydrogen-bond acceptors (Lipinski definition) is 2. The molecule has 0 saturated heterocycles. The minimum Gasteiger partial charge on any atom is -0.380 e. The van der Waals surface area contributed by atoms with Crippen LogP contribution in [0.25, 0.3) is 0 Å². The smallest absolute Gasteiger partial charge is 0.0622 e.